The number of hydrogen-bond acceptors (Lipinski definition) is 2. The number of carbonyl (C=O) groups excluding carboxylic acids is 1. The first-order valence-corrected chi connectivity index (χ1v) is 6.69. The second-order valence-corrected chi connectivity index (χ2v) is 5.24. The van der Waals surface area contributed by atoms with Crippen LogP contribution < -0.4 is 11.1 Å². The normalized spacial score (nSPS) is 14.0. The molecule has 1 rings (SSSR count). The lowest BCUT2D eigenvalue weighted by Crippen LogP contribution is -2.21. The Labute approximate surface area is 114 Å². The number of anilines is 1. The number of nitrogens with two attached hydrogens (primary N) is 1. The van der Waals surface area contributed by atoms with Crippen LogP contribution in [0.1, 0.15) is 33.1 Å². The third-order valence-corrected chi connectivity index (χ3v) is 3.11. The fourth-order valence-corrected chi connectivity index (χ4v) is 1.80. The highest BCUT2D eigenvalue weighted by Crippen LogP contribution is 2.16. The molecule has 1 aromatic rings. The summed E-state index contributed by atoms with van der Waals surface area (Å²) in [7, 11) is 0. The smallest absolute Gasteiger partial charge is 0.227 e. The van der Waals surface area contributed by atoms with Crippen molar-refractivity contribution < 1.29 is 4.79 Å². The summed E-state index contributed by atoms with van der Waals surface area (Å²) in [5.41, 5.74) is 6.46. The zero-order valence-electron chi connectivity index (χ0n) is 10.9. The molecule has 4 heteroatoms. The molecule has 18 heavy (non-hydrogen) atoms. The van der Waals surface area contributed by atoms with E-state index in [0.717, 1.165) is 24.9 Å². The monoisotopic (exact) mass is 268 g/mol. The molecule has 2 atom stereocenters. The lowest BCUT2D eigenvalue weighted by Gasteiger charge is -2.13. The van der Waals surface area contributed by atoms with Crippen LogP contribution in [-0.2, 0) is 4.79 Å². The highest BCUT2D eigenvalue weighted by Gasteiger charge is 2.12. The Kier molecular flexibility index (Phi) is 6.16. The molecule has 1 amide bonds. The van der Waals surface area contributed by atoms with Gasteiger partial charge in [-0.05, 0) is 44.0 Å². The first-order chi connectivity index (χ1) is 8.49. The second kappa shape index (κ2) is 7.39. The van der Waals surface area contributed by atoms with Gasteiger partial charge in [-0.2, -0.15) is 0 Å². The number of nitrogens with one attached hydrogen (secondary N) is 1. The standard InChI is InChI=1S/C14H21ClN2O/c1-10(4-3-5-11(2)16)14(18)17-13-8-6-12(15)7-9-13/h6-11H,3-5,16H2,1-2H3,(H,17,18). The molecule has 0 aliphatic carbocycles. The highest BCUT2D eigenvalue weighted by atomic mass is 35.5. The molecule has 3 nitrogen and oxygen atoms in total. The molecule has 1 aromatic carbocycles. The maximum atomic E-state index is 11.9. The van der Waals surface area contributed by atoms with Gasteiger partial charge < -0.3 is 11.1 Å². The number of rotatable bonds is 6. The third-order valence-electron chi connectivity index (χ3n) is 2.86. The van der Waals surface area contributed by atoms with E-state index >= 15 is 0 Å². The summed E-state index contributed by atoms with van der Waals surface area (Å²) in [4.78, 5) is 11.9. The summed E-state index contributed by atoms with van der Waals surface area (Å²) in [6.07, 6.45) is 2.80. The molecule has 0 heterocycles. The van der Waals surface area contributed by atoms with Gasteiger partial charge >= 0.3 is 0 Å². The average molecular weight is 269 g/mol. The van der Waals surface area contributed by atoms with E-state index in [1.807, 2.05) is 13.8 Å². The van der Waals surface area contributed by atoms with Gasteiger partial charge in [0.2, 0.25) is 5.91 Å². The molecule has 0 aliphatic heterocycles. The van der Waals surface area contributed by atoms with Gasteiger partial charge in [0.25, 0.3) is 0 Å². The van der Waals surface area contributed by atoms with E-state index in [1.165, 1.54) is 0 Å². The molecule has 0 fully saturated rings. The summed E-state index contributed by atoms with van der Waals surface area (Å²) in [6.45, 7) is 3.92. The van der Waals surface area contributed by atoms with Crippen molar-refractivity contribution in [2.24, 2.45) is 11.7 Å². The van der Waals surface area contributed by atoms with Gasteiger partial charge in [0.15, 0.2) is 0 Å². The molecule has 0 aliphatic rings. The topological polar surface area (TPSA) is 55.1 Å². The quantitative estimate of drug-likeness (QED) is 0.830. The van der Waals surface area contributed by atoms with Crippen LogP contribution in [0.3, 0.4) is 0 Å². The third kappa shape index (κ3) is 5.52. The zero-order chi connectivity index (χ0) is 13.5. The van der Waals surface area contributed by atoms with Crippen molar-refractivity contribution in [2.75, 3.05) is 5.32 Å². The Morgan fingerprint density at radius 3 is 2.44 bits per heavy atom. The largest absolute Gasteiger partial charge is 0.328 e. The van der Waals surface area contributed by atoms with E-state index in [1.54, 1.807) is 24.3 Å². The number of hydrogen-bond donors (Lipinski definition) is 2. The van der Waals surface area contributed by atoms with E-state index in [0.29, 0.717) is 5.02 Å². The van der Waals surface area contributed by atoms with Crippen molar-refractivity contribution in [2.45, 2.75) is 39.2 Å². The van der Waals surface area contributed by atoms with E-state index in [9.17, 15) is 4.79 Å². The first kappa shape index (κ1) is 15.0. The van der Waals surface area contributed by atoms with E-state index in [-0.39, 0.29) is 17.9 Å². The average Bonchev–Trinajstić information content (AvgIpc) is 2.31. The van der Waals surface area contributed by atoms with Crippen molar-refractivity contribution in [3.05, 3.63) is 29.3 Å². The Hall–Kier alpha value is -1.06. The molecule has 3 N–H and O–H groups in total. The van der Waals surface area contributed by atoms with Gasteiger partial charge in [-0.25, -0.2) is 0 Å². The van der Waals surface area contributed by atoms with Crippen LogP contribution in [-0.4, -0.2) is 11.9 Å². The maximum Gasteiger partial charge on any atom is 0.227 e. The molecule has 0 saturated heterocycles. The van der Waals surface area contributed by atoms with Crippen LogP contribution in [0, 0.1) is 5.92 Å². The summed E-state index contributed by atoms with van der Waals surface area (Å²) in [5.74, 6) is 0.0430. The fourth-order valence-electron chi connectivity index (χ4n) is 1.68. The molecular formula is C14H21ClN2O. The van der Waals surface area contributed by atoms with Crippen LogP contribution in [0.4, 0.5) is 5.69 Å². The summed E-state index contributed by atoms with van der Waals surface area (Å²) < 4.78 is 0. The molecule has 100 valence electrons. The first-order valence-electron chi connectivity index (χ1n) is 6.31. The fraction of sp³-hybridized carbons (Fsp3) is 0.500. The molecule has 0 saturated carbocycles. The molecule has 0 aromatic heterocycles. The minimum Gasteiger partial charge on any atom is -0.328 e. The highest BCUT2D eigenvalue weighted by molar-refractivity contribution is 6.30. The predicted octanol–water partition coefficient (Wildman–Crippen LogP) is 3.43. The van der Waals surface area contributed by atoms with Crippen LogP contribution in [0.15, 0.2) is 24.3 Å². The van der Waals surface area contributed by atoms with Crippen molar-refractivity contribution in [1.82, 2.24) is 0 Å². The van der Waals surface area contributed by atoms with Crippen LogP contribution in [0.2, 0.25) is 5.02 Å². The number of benzene rings is 1. The lowest BCUT2D eigenvalue weighted by atomic mass is 10.0. The van der Waals surface area contributed by atoms with Gasteiger partial charge in [0.1, 0.15) is 0 Å². The molecule has 0 radical (unpaired) electrons. The van der Waals surface area contributed by atoms with E-state index in [2.05, 4.69) is 5.32 Å². The van der Waals surface area contributed by atoms with E-state index in [4.69, 9.17) is 17.3 Å². The lowest BCUT2D eigenvalue weighted by molar-refractivity contribution is -0.119. The van der Waals surface area contributed by atoms with Crippen molar-refractivity contribution in [1.29, 1.82) is 0 Å². The van der Waals surface area contributed by atoms with Gasteiger partial charge in [0.05, 0.1) is 0 Å². The maximum absolute atomic E-state index is 11.9. The molecular weight excluding hydrogens is 248 g/mol. The Morgan fingerprint density at radius 1 is 1.28 bits per heavy atom. The minimum absolute atomic E-state index is 0.000530. The zero-order valence-corrected chi connectivity index (χ0v) is 11.7. The predicted molar refractivity (Wildman–Crippen MR) is 76.7 cm³/mol. The number of carbonyl (C=O) groups is 1. The molecule has 0 spiro atoms. The van der Waals surface area contributed by atoms with Gasteiger partial charge in [-0.1, -0.05) is 24.9 Å². The van der Waals surface area contributed by atoms with Gasteiger partial charge in [-0.15, -0.1) is 0 Å². The van der Waals surface area contributed by atoms with Crippen LogP contribution >= 0.6 is 11.6 Å². The Balaban J connectivity index is 2.37. The van der Waals surface area contributed by atoms with Crippen LogP contribution in [0.25, 0.3) is 0 Å². The van der Waals surface area contributed by atoms with Crippen molar-refractivity contribution >= 4 is 23.2 Å². The van der Waals surface area contributed by atoms with E-state index < -0.39 is 0 Å². The Bertz CT molecular complexity index is 376. The molecule has 0 bridgehead atoms. The SMILES string of the molecule is CC(N)CCCC(C)C(=O)Nc1ccc(Cl)cc1. The molecule has 2 unspecified atom stereocenters. The summed E-state index contributed by atoms with van der Waals surface area (Å²) in [5, 5.41) is 3.54. The van der Waals surface area contributed by atoms with Gasteiger partial charge in [-0.3, -0.25) is 4.79 Å². The number of halogens is 1. The Morgan fingerprint density at radius 2 is 1.89 bits per heavy atom. The second-order valence-electron chi connectivity index (χ2n) is 4.81. The summed E-state index contributed by atoms with van der Waals surface area (Å²) in [6, 6.07) is 7.33. The van der Waals surface area contributed by atoms with Crippen molar-refractivity contribution in [3.8, 4) is 0 Å². The summed E-state index contributed by atoms with van der Waals surface area (Å²) >= 11 is 5.78. The minimum atomic E-state index is -0.000530. The van der Waals surface area contributed by atoms with Gasteiger partial charge in [0, 0.05) is 22.7 Å². The van der Waals surface area contributed by atoms with Crippen LogP contribution in [0.5, 0.6) is 0 Å². The van der Waals surface area contributed by atoms with Crippen molar-refractivity contribution in [3.63, 3.8) is 0 Å². The number of amides is 1.